The van der Waals surface area contributed by atoms with Crippen LogP contribution in [-0.2, 0) is 15.5 Å². The molecule has 6 heteroatoms. The number of carbonyl (C=O) groups is 1. The van der Waals surface area contributed by atoms with Crippen LogP contribution >= 0.6 is 0 Å². The van der Waals surface area contributed by atoms with Crippen molar-refractivity contribution in [2.45, 2.75) is 17.4 Å². The molecule has 0 radical (unpaired) electrons. The minimum absolute atomic E-state index is 0.228. The van der Waals surface area contributed by atoms with Gasteiger partial charge in [-0.05, 0) is 31.2 Å². The van der Waals surface area contributed by atoms with Gasteiger partial charge in [0.05, 0.1) is 28.7 Å². The van der Waals surface area contributed by atoms with Crippen LogP contribution in [0.4, 0.5) is 0 Å². The molecule has 0 aliphatic rings. The number of hydrogen-bond donors (Lipinski definition) is 2. The number of esters is 1. The Morgan fingerprint density at radius 2 is 1.75 bits per heavy atom. The number of carbonyl (C=O) groups excluding carboxylic acids is 1. The van der Waals surface area contributed by atoms with Crippen molar-refractivity contribution >= 4 is 16.8 Å². The number of aliphatic hydroxyl groups excluding tert-OH is 1. The predicted molar refractivity (Wildman–Crippen MR) is 91.2 cm³/mol. The molecule has 2 rings (SSSR count). The van der Waals surface area contributed by atoms with Gasteiger partial charge in [0.15, 0.2) is 0 Å². The summed E-state index contributed by atoms with van der Waals surface area (Å²) in [5, 5.41) is 19.8. The smallest absolute Gasteiger partial charge is 0.338 e. The van der Waals surface area contributed by atoms with Gasteiger partial charge in [-0.25, -0.2) is 4.79 Å². The Bertz CT molecular complexity index is 699. The Morgan fingerprint density at radius 3 is 2.33 bits per heavy atom. The number of aliphatic hydroxyl groups is 2. The maximum Gasteiger partial charge on any atom is 0.338 e. The van der Waals surface area contributed by atoms with E-state index in [0.717, 1.165) is 5.56 Å². The number of hydrogen-bond acceptors (Lipinski definition) is 5. The van der Waals surface area contributed by atoms with Crippen molar-refractivity contribution < 1.29 is 24.0 Å². The third kappa shape index (κ3) is 4.99. The number of ether oxygens (including phenoxy) is 1. The molecule has 0 aliphatic carbocycles. The highest BCUT2D eigenvalue weighted by molar-refractivity contribution is 7.85. The summed E-state index contributed by atoms with van der Waals surface area (Å²) in [6.45, 7) is 0.821. The van der Waals surface area contributed by atoms with E-state index in [-0.39, 0.29) is 5.75 Å². The summed E-state index contributed by atoms with van der Waals surface area (Å²) in [5.74, 6) is -0.835. The van der Waals surface area contributed by atoms with E-state index in [2.05, 4.69) is 0 Å². The maximum atomic E-state index is 12.3. The van der Waals surface area contributed by atoms with Crippen LogP contribution in [0.5, 0.6) is 0 Å². The summed E-state index contributed by atoms with van der Waals surface area (Å²) >= 11 is 0. The number of benzene rings is 2. The quantitative estimate of drug-likeness (QED) is 0.744. The summed E-state index contributed by atoms with van der Waals surface area (Å²) in [6, 6.07) is 15.4. The van der Waals surface area contributed by atoms with Crippen molar-refractivity contribution in [1.29, 1.82) is 0 Å². The molecule has 0 aromatic heterocycles. The molecule has 2 atom stereocenters. The minimum atomic E-state index is -1.76. The molecule has 5 nitrogen and oxygen atoms in total. The van der Waals surface area contributed by atoms with E-state index in [1.807, 2.05) is 19.1 Å². The van der Waals surface area contributed by atoms with Gasteiger partial charge in [0, 0.05) is 4.90 Å². The Labute approximate surface area is 143 Å². The monoisotopic (exact) mass is 348 g/mol. The summed E-state index contributed by atoms with van der Waals surface area (Å²) < 4.78 is 17.4. The Balaban J connectivity index is 1.99. The first-order valence-corrected chi connectivity index (χ1v) is 8.76. The van der Waals surface area contributed by atoms with E-state index in [9.17, 15) is 19.2 Å². The van der Waals surface area contributed by atoms with Gasteiger partial charge in [-0.2, -0.15) is 0 Å². The molecule has 2 aromatic carbocycles. The fourth-order valence-electron chi connectivity index (χ4n) is 2.01. The van der Waals surface area contributed by atoms with Crippen LogP contribution in [-0.4, -0.2) is 45.0 Å². The molecule has 1 unspecified atom stereocenters. The summed E-state index contributed by atoms with van der Waals surface area (Å²) in [5.41, 5.74) is -0.386. The molecule has 0 saturated carbocycles. The van der Waals surface area contributed by atoms with E-state index < -0.39 is 35.6 Å². The molecule has 0 aliphatic heterocycles. The van der Waals surface area contributed by atoms with Crippen molar-refractivity contribution in [3.05, 3.63) is 65.7 Å². The van der Waals surface area contributed by atoms with Gasteiger partial charge in [-0.15, -0.1) is 0 Å². The third-order valence-corrected chi connectivity index (χ3v) is 5.06. The molecular formula is C18H20O5S. The normalized spacial score (nSPS) is 14.6. The second-order valence-corrected chi connectivity index (χ2v) is 7.08. The highest BCUT2D eigenvalue weighted by atomic mass is 32.2. The van der Waals surface area contributed by atoms with Gasteiger partial charge in [-0.1, -0.05) is 35.9 Å². The van der Waals surface area contributed by atoms with Crippen molar-refractivity contribution in [3.8, 4) is 0 Å². The van der Waals surface area contributed by atoms with Gasteiger partial charge in [-0.3, -0.25) is 4.21 Å². The molecule has 0 spiro atoms. The predicted octanol–water partition coefficient (Wildman–Crippen LogP) is 1.68. The first-order chi connectivity index (χ1) is 11.4. The summed E-state index contributed by atoms with van der Waals surface area (Å²) in [6.07, 6.45) is 0. The van der Waals surface area contributed by atoms with Crippen LogP contribution in [0.1, 0.15) is 15.9 Å². The summed E-state index contributed by atoms with van der Waals surface area (Å²) in [4.78, 5) is 12.5. The van der Waals surface area contributed by atoms with Crippen LogP contribution in [0, 0.1) is 6.92 Å². The van der Waals surface area contributed by atoms with Crippen molar-refractivity contribution in [2.24, 2.45) is 0 Å². The average Bonchev–Trinajstić information content (AvgIpc) is 2.61. The van der Waals surface area contributed by atoms with E-state index in [1.165, 1.54) is 0 Å². The zero-order chi connectivity index (χ0) is 17.6. The molecule has 0 bridgehead atoms. The van der Waals surface area contributed by atoms with Crippen molar-refractivity contribution in [3.63, 3.8) is 0 Å². The van der Waals surface area contributed by atoms with E-state index >= 15 is 0 Å². The molecule has 24 heavy (non-hydrogen) atoms. The molecule has 128 valence electrons. The lowest BCUT2D eigenvalue weighted by molar-refractivity contribution is -0.0483. The first kappa shape index (κ1) is 18.3. The van der Waals surface area contributed by atoms with Crippen LogP contribution in [0.15, 0.2) is 59.5 Å². The zero-order valence-electron chi connectivity index (χ0n) is 13.3. The molecule has 0 saturated heterocycles. The fraction of sp³-hybridized carbons (Fsp3) is 0.278. The zero-order valence-corrected chi connectivity index (χ0v) is 14.2. The standard InChI is InChI=1S/C18H20O5S/c1-14-7-9-16(10-8-14)24(22)13-18(21,11-19)12-23-17(20)15-5-3-2-4-6-15/h2-10,19,21H,11-13H2,1H3/t18-,24?/m0/s1. The minimum Gasteiger partial charge on any atom is -0.459 e. The molecule has 2 aromatic rings. The van der Waals surface area contributed by atoms with Crippen LogP contribution in [0.25, 0.3) is 0 Å². The van der Waals surface area contributed by atoms with E-state index in [4.69, 9.17) is 4.74 Å². The van der Waals surface area contributed by atoms with E-state index in [0.29, 0.717) is 10.5 Å². The lowest BCUT2D eigenvalue weighted by Crippen LogP contribution is -2.44. The highest BCUT2D eigenvalue weighted by Crippen LogP contribution is 2.15. The first-order valence-electron chi connectivity index (χ1n) is 7.44. The van der Waals surface area contributed by atoms with Crippen LogP contribution < -0.4 is 0 Å². The van der Waals surface area contributed by atoms with Crippen molar-refractivity contribution in [1.82, 2.24) is 0 Å². The molecule has 0 fully saturated rings. The van der Waals surface area contributed by atoms with Crippen LogP contribution in [0.3, 0.4) is 0 Å². The van der Waals surface area contributed by atoms with Gasteiger partial charge in [0.25, 0.3) is 0 Å². The van der Waals surface area contributed by atoms with E-state index in [1.54, 1.807) is 42.5 Å². The average molecular weight is 348 g/mol. The lowest BCUT2D eigenvalue weighted by atomic mass is 10.1. The Hall–Kier alpha value is -2.02. The van der Waals surface area contributed by atoms with Gasteiger partial charge in [0.2, 0.25) is 0 Å². The topological polar surface area (TPSA) is 83.8 Å². The second-order valence-electron chi connectivity index (χ2n) is 5.63. The highest BCUT2D eigenvalue weighted by Gasteiger charge is 2.31. The van der Waals surface area contributed by atoms with Gasteiger partial charge < -0.3 is 14.9 Å². The molecule has 0 amide bonds. The van der Waals surface area contributed by atoms with Crippen molar-refractivity contribution in [2.75, 3.05) is 19.0 Å². The SMILES string of the molecule is Cc1ccc(S(=O)C[C@](O)(CO)COC(=O)c2ccccc2)cc1. The number of aryl methyl sites for hydroxylation is 1. The Kier molecular flexibility index (Phi) is 6.25. The molecule has 2 N–H and O–H groups in total. The molecular weight excluding hydrogens is 328 g/mol. The lowest BCUT2D eigenvalue weighted by Gasteiger charge is -2.24. The largest absolute Gasteiger partial charge is 0.459 e. The van der Waals surface area contributed by atoms with Gasteiger partial charge >= 0.3 is 5.97 Å². The fourth-order valence-corrected chi connectivity index (χ4v) is 3.28. The van der Waals surface area contributed by atoms with Crippen LogP contribution in [0.2, 0.25) is 0 Å². The number of rotatable bonds is 7. The second kappa shape index (κ2) is 8.19. The molecule has 0 heterocycles. The Morgan fingerprint density at radius 1 is 1.12 bits per heavy atom. The summed E-state index contributed by atoms with van der Waals surface area (Å²) in [7, 11) is -1.52. The van der Waals surface area contributed by atoms with Gasteiger partial charge in [0.1, 0.15) is 12.2 Å². The third-order valence-electron chi connectivity index (χ3n) is 3.46. The maximum absolute atomic E-state index is 12.3.